The van der Waals surface area contributed by atoms with Crippen molar-refractivity contribution in [1.29, 1.82) is 0 Å². The number of ether oxygens (including phenoxy) is 2. The van der Waals surface area contributed by atoms with E-state index in [4.69, 9.17) is 44.9 Å². The lowest BCUT2D eigenvalue weighted by atomic mass is 10.1. The minimum absolute atomic E-state index is 0.0664. The molecule has 1 fully saturated rings. The van der Waals surface area contributed by atoms with E-state index in [1.165, 1.54) is 26.4 Å². The van der Waals surface area contributed by atoms with E-state index in [-0.39, 0.29) is 15.7 Å². The van der Waals surface area contributed by atoms with Gasteiger partial charge in [0, 0.05) is 5.02 Å². The molecule has 10 heteroatoms. The zero-order valence-corrected chi connectivity index (χ0v) is 19.6. The van der Waals surface area contributed by atoms with Crippen LogP contribution in [0.1, 0.15) is 5.56 Å². The Labute approximate surface area is 195 Å². The standard InChI is InChI=1S/C19H13Cl2IN2O4S/c1-27-15-7-9(6-13(22)16(15)28-2)5-11-17(25)23-19(29)24(18(11)26)14-4-3-10(20)8-12(14)21/h3-8H,1-2H3,(H,23,25,29)/b11-5+. The van der Waals surface area contributed by atoms with Crippen molar-refractivity contribution in [3.8, 4) is 11.5 Å². The number of nitrogens with one attached hydrogen (secondary N) is 1. The van der Waals surface area contributed by atoms with Crippen molar-refractivity contribution in [2.24, 2.45) is 0 Å². The molecule has 1 saturated heterocycles. The summed E-state index contributed by atoms with van der Waals surface area (Å²) in [5, 5.41) is 3.09. The summed E-state index contributed by atoms with van der Waals surface area (Å²) >= 11 is 19.4. The zero-order chi connectivity index (χ0) is 21.3. The molecule has 1 aliphatic rings. The number of carbonyl (C=O) groups excluding carboxylic acids is 2. The van der Waals surface area contributed by atoms with Crippen LogP contribution >= 0.6 is 58.0 Å². The van der Waals surface area contributed by atoms with Crippen LogP contribution in [0.5, 0.6) is 11.5 Å². The highest BCUT2D eigenvalue weighted by Gasteiger charge is 2.35. The minimum atomic E-state index is -0.605. The molecule has 0 aromatic heterocycles. The Morgan fingerprint density at radius 1 is 1.14 bits per heavy atom. The van der Waals surface area contributed by atoms with E-state index in [9.17, 15) is 9.59 Å². The van der Waals surface area contributed by atoms with Crippen LogP contribution in [0.2, 0.25) is 10.0 Å². The first kappa shape index (κ1) is 21.8. The summed E-state index contributed by atoms with van der Waals surface area (Å²) in [6.07, 6.45) is 1.46. The van der Waals surface area contributed by atoms with Gasteiger partial charge < -0.3 is 9.47 Å². The molecular weight excluding hydrogens is 550 g/mol. The predicted molar refractivity (Wildman–Crippen MR) is 125 cm³/mol. The Bertz CT molecular complexity index is 1070. The van der Waals surface area contributed by atoms with Crippen molar-refractivity contribution in [3.63, 3.8) is 0 Å². The summed E-state index contributed by atoms with van der Waals surface area (Å²) in [5.74, 6) is -0.174. The van der Waals surface area contributed by atoms with Crippen molar-refractivity contribution in [1.82, 2.24) is 5.32 Å². The third kappa shape index (κ3) is 4.35. The average Bonchev–Trinajstić information content (AvgIpc) is 2.66. The van der Waals surface area contributed by atoms with Gasteiger partial charge in [0.1, 0.15) is 5.57 Å². The molecule has 0 unspecified atom stereocenters. The summed E-state index contributed by atoms with van der Waals surface area (Å²) < 4.78 is 11.4. The fraction of sp³-hybridized carbons (Fsp3) is 0.105. The van der Waals surface area contributed by atoms with Crippen LogP contribution in [0.4, 0.5) is 5.69 Å². The first-order chi connectivity index (χ1) is 13.8. The van der Waals surface area contributed by atoms with E-state index in [2.05, 4.69) is 27.9 Å². The van der Waals surface area contributed by atoms with Crippen molar-refractivity contribution in [3.05, 3.63) is 55.1 Å². The van der Waals surface area contributed by atoms with Crippen LogP contribution in [0, 0.1) is 3.57 Å². The van der Waals surface area contributed by atoms with Crippen LogP contribution < -0.4 is 19.7 Å². The normalized spacial score (nSPS) is 15.6. The zero-order valence-electron chi connectivity index (χ0n) is 15.1. The molecule has 1 aliphatic heterocycles. The fourth-order valence-electron chi connectivity index (χ4n) is 2.73. The number of halogens is 3. The predicted octanol–water partition coefficient (Wildman–Crippen LogP) is 4.45. The lowest BCUT2D eigenvalue weighted by molar-refractivity contribution is -0.122. The molecule has 0 aliphatic carbocycles. The van der Waals surface area contributed by atoms with Crippen LogP contribution in [0.3, 0.4) is 0 Å². The largest absolute Gasteiger partial charge is 0.493 e. The van der Waals surface area contributed by atoms with Crippen LogP contribution in [0.15, 0.2) is 35.9 Å². The molecule has 0 bridgehead atoms. The maximum atomic E-state index is 13.1. The number of carbonyl (C=O) groups is 2. The number of rotatable bonds is 4. The summed E-state index contributed by atoms with van der Waals surface area (Å²) in [4.78, 5) is 26.7. The highest BCUT2D eigenvalue weighted by Crippen LogP contribution is 2.35. The molecule has 3 rings (SSSR count). The molecule has 0 spiro atoms. The fourth-order valence-corrected chi connectivity index (χ4v) is 4.34. The Morgan fingerprint density at radius 3 is 2.48 bits per heavy atom. The monoisotopic (exact) mass is 562 g/mol. The van der Waals surface area contributed by atoms with Crippen molar-refractivity contribution in [2.75, 3.05) is 19.1 Å². The van der Waals surface area contributed by atoms with E-state index >= 15 is 0 Å². The molecule has 0 radical (unpaired) electrons. The van der Waals surface area contributed by atoms with Gasteiger partial charge in [0.25, 0.3) is 11.8 Å². The van der Waals surface area contributed by atoms with Crippen molar-refractivity contribution >= 4 is 86.7 Å². The van der Waals surface area contributed by atoms with Crippen LogP contribution in [-0.4, -0.2) is 31.1 Å². The number of nitrogens with zero attached hydrogens (tertiary/aromatic N) is 1. The molecule has 0 atom stereocenters. The third-order valence-electron chi connectivity index (χ3n) is 4.02. The van der Waals surface area contributed by atoms with Gasteiger partial charge in [0.05, 0.1) is 28.5 Å². The van der Waals surface area contributed by atoms with E-state index in [1.54, 1.807) is 24.3 Å². The van der Waals surface area contributed by atoms with Gasteiger partial charge in [-0.3, -0.25) is 19.8 Å². The third-order valence-corrected chi connectivity index (χ3v) is 5.64. The SMILES string of the molecule is COc1cc(/C=C2\C(=O)NC(=S)N(c3ccc(Cl)cc3Cl)C2=O)cc(I)c1OC. The first-order valence-corrected chi connectivity index (χ1v) is 10.3. The Morgan fingerprint density at radius 2 is 1.86 bits per heavy atom. The Balaban J connectivity index is 2.07. The summed E-state index contributed by atoms with van der Waals surface area (Å²) in [5.41, 5.74) is 0.798. The molecule has 1 heterocycles. The highest BCUT2D eigenvalue weighted by atomic mass is 127. The number of benzene rings is 2. The Hall–Kier alpha value is -1.88. The van der Waals surface area contributed by atoms with Gasteiger partial charge in [-0.05, 0) is 76.8 Å². The molecule has 2 aromatic carbocycles. The second-order valence-corrected chi connectivity index (χ2v) is 8.18. The van der Waals surface area contributed by atoms with Crippen LogP contribution in [-0.2, 0) is 9.59 Å². The van der Waals surface area contributed by atoms with Gasteiger partial charge >= 0.3 is 0 Å². The molecule has 29 heavy (non-hydrogen) atoms. The maximum absolute atomic E-state index is 13.1. The molecule has 2 amide bonds. The lowest BCUT2D eigenvalue weighted by Crippen LogP contribution is -2.54. The van der Waals surface area contributed by atoms with Gasteiger partial charge in [-0.1, -0.05) is 23.2 Å². The van der Waals surface area contributed by atoms with E-state index in [0.717, 1.165) is 8.47 Å². The highest BCUT2D eigenvalue weighted by molar-refractivity contribution is 14.1. The lowest BCUT2D eigenvalue weighted by Gasteiger charge is -2.29. The van der Waals surface area contributed by atoms with Crippen LogP contribution in [0.25, 0.3) is 6.08 Å². The van der Waals surface area contributed by atoms with Gasteiger partial charge in [-0.15, -0.1) is 0 Å². The second-order valence-electron chi connectivity index (χ2n) is 5.79. The number of methoxy groups -OCH3 is 2. The number of amides is 2. The smallest absolute Gasteiger partial charge is 0.270 e. The molecular formula is C19H13Cl2IN2O4S. The van der Waals surface area contributed by atoms with Crippen molar-refractivity contribution in [2.45, 2.75) is 0 Å². The topological polar surface area (TPSA) is 67.9 Å². The second kappa shape index (κ2) is 8.86. The Kier molecular flexibility index (Phi) is 6.67. The molecule has 150 valence electrons. The average molecular weight is 563 g/mol. The van der Waals surface area contributed by atoms with Gasteiger partial charge in [0.2, 0.25) is 0 Å². The number of anilines is 1. The van der Waals surface area contributed by atoms with Gasteiger partial charge in [-0.25, -0.2) is 0 Å². The van der Waals surface area contributed by atoms with Crippen molar-refractivity contribution < 1.29 is 19.1 Å². The summed E-state index contributed by atoms with van der Waals surface area (Å²) in [6.45, 7) is 0. The molecule has 2 aromatic rings. The van der Waals surface area contributed by atoms with E-state index in [1.807, 2.05) is 0 Å². The first-order valence-electron chi connectivity index (χ1n) is 8.04. The quantitative estimate of drug-likeness (QED) is 0.258. The molecule has 6 nitrogen and oxygen atoms in total. The minimum Gasteiger partial charge on any atom is -0.493 e. The number of hydrogen-bond acceptors (Lipinski definition) is 5. The molecule has 1 N–H and O–H groups in total. The van der Waals surface area contributed by atoms with E-state index < -0.39 is 11.8 Å². The molecule has 0 saturated carbocycles. The number of hydrogen-bond donors (Lipinski definition) is 1. The summed E-state index contributed by atoms with van der Waals surface area (Å²) in [6, 6.07) is 8.06. The van der Waals surface area contributed by atoms with Gasteiger partial charge in [-0.2, -0.15) is 0 Å². The van der Waals surface area contributed by atoms with Gasteiger partial charge in [0.15, 0.2) is 16.6 Å². The number of thiocarbonyl (C=S) groups is 1. The maximum Gasteiger partial charge on any atom is 0.270 e. The van der Waals surface area contributed by atoms with E-state index in [0.29, 0.717) is 27.8 Å². The summed E-state index contributed by atoms with van der Waals surface area (Å²) in [7, 11) is 3.04.